The lowest BCUT2D eigenvalue weighted by molar-refractivity contribution is -0.114. The molecule has 34 heavy (non-hydrogen) atoms. The fourth-order valence-electron chi connectivity index (χ4n) is 3.36. The van der Waals surface area contributed by atoms with Crippen molar-refractivity contribution in [2.45, 2.75) is 13.0 Å². The highest BCUT2D eigenvalue weighted by Gasteiger charge is 2.04. The van der Waals surface area contributed by atoms with E-state index < -0.39 is 0 Å². The van der Waals surface area contributed by atoms with Crippen LogP contribution in [0.5, 0.6) is 11.5 Å². The van der Waals surface area contributed by atoms with E-state index in [0.717, 1.165) is 34.9 Å². The Labute approximate surface area is 200 Å². The molecule has 0 saturated heterocycles. The van der Waals surface area contributed by atoms with Crippen LogP contribution < -0.4 is 20.1 Å². The molecule has 0 aliphatic rings. The smallest absolute Gasteiger partial charge is 0.243 e. The summed E-state index contributed by atoms with van der Waals surface area (Å²) in [6.45, 7) is 1.29. The Morgan fingerprint density at radius 2 is 1.18 bits per heavy atom. The minimum Gasteiger partial charge on any atom is -0.493 e. The SMILES string of the molecule is O=C(CNc1ccc(OCCc2ccccc2)cc1)Nc1ccc(OCc2ccccc2)cc1. The molecule has 4 rings (SSSR count). The largest absolute Gasteiger partial charge is 0.493 e. The van der Waals surface area contributed by atoms with E-state index in [1.54, 1.807) is 0 Å². The summed E-state index contributed by atoms with van der Waals surface area (Å²) in [4.78, 5) is 12.3. The van der Waals surface area contributed by atoms with E-state index in [4.69, 9.17) is 9.47 Å². The van der Waals surface area contributed by atoms with Crippen molar-refractivity contribution < 1.29 is 14.3 Å². The Bertz CT molecular complexity index is 1150. The summed E-state index contributed by atoms with van der Waals surface area (Å²) >= 11 is 0. The maximum atomic E-state index is 12.3. The summed E-state index contributed by atoms with van der Waals surface area (Å²) < 4.78 is 11.6. The van der Waals surface area contributed by atoms with Crippen molar-refractivity contribution in [1.29, 1.82) is 0 Å². The summed E-state index contributed by atoms with van der Waals surface area (Å²) in [5, 5.41) is 6.02. The third-order valence-corrected chi connectivity index (χ3v) is 5.20. The van der Waals surface area contributed by atoms with Gasteiger partial charge in [-0.3, -0.25) is 4.79 Å². The molecule has 5 heteroatoms. The van der Waals surface area contributed by atoms with Crippen LogP contribution in [0.2, 0.25) is 0 Å². The standard InChI is InChI=1S/C29H28N2O3/c32-29(31-26-13-17-28(18-14-26)34-22-24-9-5-2-6-10-24)21-30-25-11-15-27(16-12-25)33-20-19-23-7-3-1-4-8-23/h1-18,30H,19-22H2,(H,31,32). The van der Waals surface area contributed by atoms with Crippen LogP contribution in [-0.4, -0.2) is 19.1 Å². The number of anilines is 2. The topological polar surface area (TPSA) is 59.6 Å². The highest BCUT2D eigenvalue weighted by atomic mass is 16.5. The van der Waals surface area contributed by atoms with Gasteiger partial charge in [0.2, 0.25) is 5.91 Å². The van der Waals surface area contributed by atoms with Crippen molar-refractivity contribution in [3.05, 3.63) is 120 Å². The lowest BCUT2D eigenvalue weighted by Gasteiger charge is -2.10. The number of hydrogen-bond acceptors (Lipinski definition) is 4. The zero-order chi connectivity index (χ0) is 23.4. The van der Waals surface area contributed by atoms with Crippen molar-refractivity contribution >= 4 is 17.3 Å². The van der Waals surface area contributed by atoms with Gasteiger partial charge in [-0.25, -0.2) is 0 Å². The lowest BCUT2D eigenvalue weighted by Crippen LogP contribution is -2.21. The van der Waals surface area contributed by atoms with Gasteiger partial charge in [0.05, 0.1) is 13.2 Å². The molecule has 5 nitrogen and oxygen atoms in total. The van der Waals surface area contributed by atoms with E-state index >= 15 is 0 Å². The number of carbonyl (C=O) groups excluding carboxylic acids is 1. The second-order valence-corrected chi connectivity index (χ2v) is 7.81. The Morgan fingerprint density at radius 3 is 1.82 bits per heavy atom. The Balaban J connectivity index is 1.16. The Hall–Kier alpha value is -4.25. The predicted molar refractivity (Wildman–Crippen MR) is 136 cm³/mol. The van der Waals surface area contributed by atoms with E-state index in [1.165, 1.54) is 5.56 Å². The Morgan fingerprint density at radius 1 is 0.618 bits per heavy atom. The summed E-state index contributed by atoms with van der Waals surface area (Å²) in [6, 6.07) is 35.2. The van der Waals surface area contributed by atoms with E-state index in [0.29, 0.717) is 13.2 Å². The average molecular weight is 453 g/mol. The highest BCUT2D eigenvalue weighted by molar-refractivity contribution is 5.93. The summed E-state index contributed by atoms with van der Waals surface area (Å²) in [6.07, 6.45) is 0.862. The number of benzene rings is 4. The molecular formula is C29H28N2O3. The zero-order valence-corrected chi connectivity index (χ0v) is 18.9. The fourth-order valence-corrected chi connectivity index (χ4v) is 3.36. The van der Waals surface area contributed by atoms with Crippen LogP contribution in [0.25, 0.3) is 0 Å². The quantitative estimate of drug-likeness (QED) is 0.296. The van der Waals surface area contributed by atoms with E-state index in [2.05, 4.69) is 22.8 Å². The van der Waals surface area contributed by atoms with Gasteiger partial charge in [0.15, 0.2) is 0 Å². The number of amides is 1. The average Bonchev–Trinajstić information content (AvgIpc) is 2.89. The van der Waals surface area contributed by atoms with Crippen LogP contribution in [0.1, 0.15) is 11.1 Å². The van der Waals surface area contributed by atoms with Crippen LogP contribution in [0.15, 0.2) is 109 Å². The molecule has 0 radical (unpaired) electrons. The predicted octanol–water partition coefficient (Wildman–Crippen LogP) is 5.94. The zero-order valence-electron chi connectivity index (χ0n) is 18.9. The summed E-state index contributed by atoms with van der Waals surface area (Å²) in [5.74, 6) is 1.44. The van der Waals surface area contributed by atoms with Crippen LogP contribution in [0, 0.1) is 0 Å². The Kier molecular flexibility index (Phi) is 8.17. The normalized spacial score (nSPS) is 10.4. The third-order valence-electron chi connectivity index (χ3n) is 5.20. The van der Waals surface area contributed by atoms with Gasteiger partial charge in [-0.1, -0.05) is 60.7 Å². The third kappa shape index (κ3) is 7.41. The van der Waals surface area contributed by atoms with Gasteiger partial charge in [-0.15, -0.1) is 0 Å². The van der Waals surface area contributed by atoms with Gasteiger partial charge >= 0.3 is 0 Å². The second kappa shape index (κ2) is 12.1. The van der Waals surface area contributed by atoms with Crippen molar-refractivity contribution in [3.63, 3.8) is 0 Å². The molecule has 0 spiro atoms. The van der Waals surface area contributed by atoms with Gasteiger partial charge < -0.3 is 20.1 Å². The molecule has 0 saturated carbocycles. The van der Waals surface area contributed by atoms with Crippen LogP contribution in [0.3, 0.4) is 0 Å². The van der Waals surface area contributed by atoms with Gasteiger partial charge in [-0.2, -0.15) is 0 Å². The number of rotatable bonds is 11. The molecule has 0 aliphatic carbocycles. The summed E-state index contributed by atoms with van der Waals surface area (Å²) in [5.41, 5.74) is 3.94. The first-order valence-electron chi connectivity index (χ1n) is 11.3. The van der Waals surface area contributed by atoms with E-state index in [1.807, 2.05) is 97.1 Å². The van der Waals surface area contributed by atoms with Gasteiger partial charge in [0.25, 0.3) is 0 Å². The number of ether oxygens (including phenoxy) is 2. The van der Waals surface area contributed by atoms with Crippen LogP contribution in [-0.2, 0) is 17.8 Å². The highest BCUT2D eigenvalue weighted by Crippen LogP contribution is 2.18. The maximum absolute atomic E-state index is 12.3. The van der Waals surface area contributed by atoms with E-state index in [-0.39, 0.29) is 12.5 Å². The number of nitrogens with one attached hydrogen (secondary N) is 2. The van der Waals surface area contributed by atoms with Crippen molar-refractivity contribution in [1.82, 2.24) is 0 Å². The van der Waals surface area contributed by atoms with Crippen LogP contribution in [0.4, 0.5) is 11.4 Å². The molecule has 2 N–H and O–H groups in total. The lowest BCUT2D eigenvalue weighted by atomic mass is 10.2. The maximum Gasteiger partial charge on any atom is 0.243 e. The van der Waals surface area contributed by atoms with Crippen molar-refractivity contribution in [2.24, 2.45) is 0 Å². The summed E-state index contributed by atoms with van der Waals surface area (Å²) in [7, 11) is 0. The molecule has 0 aliphatic heterocycles. The van der Waals surface area contributed by atoms with Gasteiger partial charge in [0.1, 0.15) is 18.1 Å². The van der Waals surface area contributed by atoms with Crippen LogP contribution >= 0.6 is 0 Å². The molecule has 4 aromatic carbocycles. The molecule has 0 bridgehead atoms. The van der Waals surface area contributed by atoms with Crippen molar-refractivity contribution in [3.8, 4) is 11.5 Å². The van der Waals surface area contributed by atoms with E-state index in [9.17, 15) is 4.79 Å². The first-order valence-corrected chi connectivity index (χ1v) is 11.3. The molecule has 0 heterocycles. The van der Waals surface area contributed by atoms with Crippen molar-refractivity contribution in [2.75, 3.05) is 23.8 Å². The minimum atomic E-state index is -0.124. The molecule has 1 amide bonds. The molecule has 0 aromatic heterocycles. The minimum absolute atomic E-state index is 0.124. The molecule has 0 unspecified atom stereocenters. The molecule has 0 atom stereocenters. The molecule has 172 valence electrons. The fraction of sp³-hybridized carbons (Fsp3) is 0.138. The first kappa shape index (κ1) is 22.9. The molecular weight excluding hydrogens is 424 g/mol. The number of carbonyl (C=O) groups is 1. The van der Waals surface area contributed by atoms with Gasteiger partial charge in [0, 0.05) is 17.8 Å². The second-order valence-electron chi connectivity index (χ2n) is 7.81. The first-order chi connectivity index (χ1) is 16.7. The molecule has 4 aromatic rings. The number of hydrogen-bond donors (Lipinski definition) is 2. The van der Waals surface area contributed by atoms with Gasteiger partial charge in [-0.05, 0) is 59.7 Å². The molecule has 0 fully saturated rings. The monoisotopic (exact) mass is 452 g/mol.